The highest BCUT2D eigenvalue weighted by Crippen LogP contribution is 2.25. The number of amides is 2. The Labute approximate surface area is 158 Å². The number of nitrogens with one attached hydrogen (secondary N) is 2. The number of carbonyl (C=O) groups excluding carboxylic acids is 2. The van der Waals surface area contributed by atoms with E-state index in [0.717, 1.165) is 17.0 Å². The van der Waals surface area contributed by atoms with Gasteiger partial charge in [0.25, 0.3) is 0 Å². The van der Waals surface area contributed by atoms with E-state index in [1.54, 1.807) is 50.2 Å². The van der Waals surface area contributed by atoms with Crippen LogP contribution in [0, 0.1) is 13.8 Å². The second kappa shape index (κ2) is 8.88. The van der Waals surface area contributed by atoms with Crippen molar-refractivity contribution < 1.29 is 19.1 Å². The molecule has 0 aliphatic rings. The Morgan fingerprint density at radius 3 is 2.56 bits per heavy atom. The number of aryl methyl sites for hydroxylation is 2. The van der Waals surface area contributed by atoms with Gasteiger partial charge in [-0.2, -0.15) is 5.10 Å². The van der Waals surface area contributed by atoms with Crippen LogP contribution in [0.2, 0.25) is 0 Å². The third-order valence-electron chi connectivity index (χ3n) is 4.05. The number of anilines is 1. The molecule has 0 spiro atoms. The van der Waals surface area contributed by atoms with Crippen molar-refractivity contribution in [2.24, 2.45) is 7.05 Å². The zero-order valence-corrected chi connectivity index (χ0v) is 16.1. The maximum Gasteiger partial charge on any atom is 0.244 e. The van der Waals surface area contributed by atoms with Crippen LogP contribution in [0.1, 0.15) is 17.0 Å². The first kappa shape index (κ1) is 20.0. The number of aromatic nitrogens is 2. The molecule has 1 aromatic carbocycles. The average molecular weight is 372 g/mol. The zero-order valence-electron chi connectivity index (χ0n) is 16.1. The SMILES string of the molecule is COc1ccc(/C=C/C(=O)NCC(=O)Nc2c(C)nn(C)c2C)c(OC)c1. The maximum atomic E-state index is 12.1. The third kappa shape index (κ3) is 5.10. The summed E-state index contributed by atoms with van der Waals surface area (Å²) in [6.07, 6.45) is 2.96. The van der Waals surface area contributed by atoms with Gasteiger partial charge in [-0.1, -0.05) is 0 Å². The van der Waals surface area contributed by atoms with Crippen molar-refractivity contribution in [3.05, 3.63) is 41.2 Å². The van der Waals surface area contributed by atoms with Crippen molar-refractivity contribution in [3.63, 3.8) is 0 Å². The number of benzene rings is 1. The van der Waals surface area contributed by atoms with Crippen molar-refractivity contribution in [1.82, 2.24) is 15.1 Å². The molecule has 2 amide bonds. The molecule has 0 fully saturated rings. The lowest BCUT2D eigenvalue weighted by Crippen LogP contribution is -2.31. The van der Waals surface area contributed by atoms with Crippen molar-refractivity contribution in [1.29, 1.82) is 0 Å². The van der Waals surface area contributed by atoms with Crippen LogP contribution in [0.5, 0.6) is 11.5 Å². The van der Waals surface area contributed by atoms with Crippen LogP contribution in [0.3, 0.4) is 0 Å². The van der Waals surface area contributed by atoms with Crippen molar-refractivity contribution in [3.8, 4) is 11.5 Å². The normalized spacial score (nSPS) is 10.7. The summed E-state index contributed by atoms with van der Waals surface area (Å²) in [7, 11) is 4.91. The lowest BCUT2D eigenvalue weighted by Gasteiger charge is -2.08. The molecule has 0 bridgehead atoms. The Balaban J connectivity index is 1.92. The largest absolute Gasteiger partial charge is 0.497 e. The van der Waals surface area contributed by atoms with Crippen LogP contribution in [-0.2, 0) is 16.6 Å². The van der Waals surface area contributed by atoms with Gasteiger partial charge in [0.1, 0.15) is 11.5 Å². The number of rotatable bonds is 7. The van der Waals surface area contributed by atoms with Gasteiger partial charge in [0, 0.05) is 24.8 Å². The second-order valence-electron chi connectivity index (χ2n) is 5.88. The fraction of sp³-hybridized carbons (Fsp3) is 0.316. The summed E-state index contributed by atoms with van der Waals surface area (Å²) < 4.78 is 12.1. The van der Waals surface area contributed by atoms with Gasteiger partial charge in [0.15, 0.2) is 0 Å². The molecule has 0 saturated carbocycles. The topological polar surface area (TPSA) is 94.5 Å². The van der Waals surface area contributed by atoms with Gasteiger partial charge < -0.3 is 20.1 Å². The van der Waals surface area contributed by atoms with Crippen LogP contribution >= 0.6 is 0 Å². The molecule has 0 atom stereocenters. The lowest BCUT2D eigenvalue weighted by molar-refractivity contribution is -0.121. The van der Waals surface area contributed by atoms with Gasteiger partial charge in [0.05, 0.1) is 37.8 Å². The van der Waals surface area contributed by atoms with Gasteiger partial charge in [-0.25, -0.2) is 0 Å². The Hall–Kier alpha value is -3.29. The van der Waals surface area contributed by atoms with E-state index in [9.17, 15) is 9.59 Å². The Morgan fingerprint density at radius 2 is 1.96 bits per heavy atom. The molecular weight excluding hydrogens is 348 g/mol. The number of nitrogens with zero attached hydrogens (tertiary/aromatic N) is 2. The smallest absolute Gasteiger partial charge is 0.244 e. The maximum absolute atomic E-state index is 12.1. The van der Waals surface area contributed by atoms with Crippen LogP contribution < -0.4 is 20.1 Å². The highest BCUT2D eigenvalue weighted by Gasteiger charge is 2.12. The van der Waals surface area contributed by atoms with Crippen LogP contribution in [-0.4, -0.2) is 42.4 Å². The number of ether oxygens (including phenoxy) is 2. The predicted octanol–water partition coefficient (Wildman–Crippen LogP) is 1.82. The second-order valence-corrected chi connectivity index (χ2v) is 5.88. The van der Waals surface area contributed by atoms with Gasteiger partial charge in [0.2, 0.25) is 11.8 Å². The number of methoxy groups -OCH3 is 2. The van der Waals surface area contributed by atoms with Gasteiger partial charge in [-0.05, 0) is 32.1 Å². The Bertz CT molecular complexity index is 871. The molecule has 144 valence electrons. The molecule has 2 rings (SSSR count). The van der Waals surface area contributed by atoms with E-state index in [1.807, 2.05) is 13.8 Å². The van der Waals surface area contributed by atoms with Gasteiger partial charge in [-0.15, -0.1) is 0 Å². The lowest BCUT2D eigenvalue weighted by atomic mass is 10.1. The Morgan fingerprint density at radius 1 is 1.22 bits per heavy atom. The molecule has 8 heteroatoms. The quantitative estimate of drug-likeness (QED) is 0.723. The molecular formula is C19H24N4O4. The molecule has 0 saturated heterocycles. The summed E-state index contributed by atoms with van der Waals surface area (Å²) in [5, 5.41) is 9.55. The Kier molecular flexibility index (Phi) is 6.59. The summed E-state index contributed by atoms with van der Waals surface area (Å²) in [5.74, 6) is 0.533. The molecule has 8 nitrogen and oxygen atoms in total. The summed E-state index contributed by atoms with van der Waals surface area (Å²) in [6.45, 7) is 3.53. The standard InChI is InChI=1S/C19H24N4O4/c1-12-19(13(2)23(3)22-12)21-18(25)11-20-17(24)9-7-14-6-8-15(26-4)10-16(14)27-5/h6-10H,11H2,1-5H3,(H,20,24)(H,21,25)/b9-7+. The van der Waals surface area contributed by atoms with Crippen molar-refractivity contribution >= 4 is 23.6 Å². The minimum atomic E-state index is -0.386. The van der Waals surface area contributed by atoms with Crippen LogP contribution in [0.25, 0.3) is 6.08 Å². The van der Waals surface area contributed by atoms with E-state index in [0.29, 0.717) is 17.2 Å². The van der Waals surface area contributed by atoms with Crippen LogP contribution in [0.15, 0.2) is 24.3 Å². The van der Waals surface area contributed by atoms with E-state index < -0.39 is 0 Å². The molecule has 1 aromatic heterocycles. The van der Waals surface area contributed by atoms with Crippen molar-refractivity contribution in [2.75, 3.05) is 26.1 Å². The zero-order chi connectivity index (χ0) is 20.0. The fourth-order valence-electron chi connectivity index (χ4n) is 2.49. The first-order valence-electron chi connectivity index (χ1n) is 8.33. The minimum Gasteiger partial charge on any atom is -0.497 e. The predicted molar refractivity (Wildman–Crippen MR) is 103 cm³/mol. The molecule has 2 aromatic rings. The summed E-state index contributed by atoms with van der Waals surface area (Å²) in [4.78, 5) is 24.0. The van der Waals surface area contributed by atoms with E-state index >= 15 is 0 Å². The average Bonchev–Trinajstić information content (AvgIpc) is 2.90. The van der Waals surface area contributed by atoms with Gasteiger partial charge >= 0.3 is 0 Å². The monoisotopic (exact) mass is 372 g/mol. The van der Waals surface area contributed by atoms with E-state index in [1.165, 1.54) is 6.08 Å². The highest BCUT2D eigenvalue weighted by molar-refractivity contribution is 5.98. The molecule has 0 radical (unpaired) electrons. The molecule has 0 aliphatic heterocycles. The summed E-state index contributed by atoms with van der Waals surface area (Å²) in [5.41, 5.74) is 2.95. The summed E-state index contributed by atoms with van der Waals surface area (Å²) >= 11 is 0. The number of carbonyl (C=O) groups is 2. The molecule has 1 heterocycles. The highest BCUT2D eigenvalue weighted by atomic mass is 16.5. The molecule has 0 unspecified atom stereocenters. The van der Waals surface area contributed by atoms with E-state index in [-0.39, 0.29) is 18.4 Å². The number of hydrogen-bond acceptors (Lipinski definition) is 5. The van der Waals surface area contributed by atoms with Gasteiger partial charge in [-0.3, -0.25) is 14.3 Å². The fourth-order valence-corrected chi connectivity index (χ4v) is 2.49. The number of hydrogen-bond donors (Lipinski definition) is 2. The molecule has 27 heavy (non-hydrogen) atoms. The van der Waals surface area contributed by atoms with E-state index in [4.69, 9.17) is 9.47 Å². The minimum absolute atomic E-state index is 0.142. The van der Waals surface area contributed by atoms with Crippen molar-refractivity contribution in [2.45, 2.75) is 13.8 Å². The summed E-state index contributed by atoms with van der Waals surface area (Å²) in [6, 6.07) is 5.28. The molecule has 2 N–H and O–H groups in total. The third-order valence-corrected chi connectivity index (χ3v) is 4.05. The molecule has 0 aliphatic carbocycles. The van der Waals surface area contributed by atoms with Crippen LogP contribution in [0.4, 0.5) is 5.69 Å². The van der Waals surface area contributed by atoms with E-state index in [2.05, 4.69) is 15.7 Å². The first-order chi connectivity index (χ1) is 12.8. The first-order valence-corrected chi connectivity index (χ1v) is 8.33.